The highest BCUT2D eigenvalue weighted by Gasteiger charge is 2.18. The monoisotopic (exact) mass is 389 g/mol. The minimum absolute atomic E-state index is 0.105. The summed E-state index contributed by atoms with van der Waals surface area (Å²) in [4.78, 5) is 35.1. The van der Waals surface area contributed by atoms with E-state index in [1.165, 1.54) is 27.1 Å². The SMILES string of the molecule is O=C(CCn1cnc2sccc2c1=O)Nc1ncc(C2CCNCC2)s1. The van der Waals surface area contributed by atoms with E-state index >= 15 is 0 Å². The summed E-state index contributed by atoms with van der Waals surface area (Å²) in [6.07, 6.45) is 5.80. The first-order chi connectivity index (χ1) is 12.7. The van der Waals surface area contributed by atoms with E-state index in [9.17, 15) is 9.59 Å². The Hall–Kier alpha value is -2.10. The van der Waals surface area contributed by atoms with Crippen molar-refractivity contribution in [2.75, 3.05) is 18.4 Å². The lowest BCUT2D eigenvalue weighted by molar-refractivity contribution is -0.116. The molecule has 1 aliphatic rings. The van der Waals surface area contributed by atoms with Crippen LogP contribution in [-0.2, 0) is 11.3 Å². The lowest BCUT2D eigenvalue weighted by Gasteiger charge is -2.20. The van der Waals surface area contributed by atoms with Crippen LogP contribution in [0.3, 0.4) is 0 Å². The zero-order chi connectivity index (χ0) is 17.9. The van der Waals surface area contributed by atoms with Crippen molar-refractivity contribution in [3.63, 3.8) is 0 Å². The van der Waals surface area contributed by atoms with Crippen LogP contribution in [0.2, 0.25) is 0 Å². The second-order valence-corrected chi connectivity index (χ2v) is 8.23. The highest BCUT2D eigenvalue weighted by atomic mass is 32.1. The van der Waals surface area contributed by atoms with Crippen molar-refractivity contribution >= 4 is 43.9 Å². The lowest BCUT2D eigenvalue weighted by Crippen LogP contribution is -2.26. The molecule has 26 heavy (non-hydrogen) atoms. The molecule has 0 saturated carbocycles. The Morgan fingerprint density at radius 2 is 2.19 bits per heavy atom. The molecule has 0 aromatic carbocycles. The Labute approximate surface area is 158 Å². The van der Waals surface area contributed by atoms with Gasteiger partial charge in [0, 0.05) is 24.0 Å². The van der Waals surface area contributed by atoms with Gasteiger partial charge in [-0.2, -0.15) is 0 Å². The molecule has 4 heterocycles. The van der Waals surface area contributed by atoms with Crippen LogP contribution < -0.4 is 16.2 Å². The number of carbonyl (C=O) groups is 1. The van der Waals surface area contributed by atoms with Gasteiger partial charge in [-0.05, 0) is 43.3 Å². The maximum Gasteiger partial charge on any atom is 0.262 e. The number of thiazole rings is 1. The first kappa shape index (κ1) is 17.3. The van der Waals surface area contributed by atoms with Gasteiger partial charge in [-0.3, -0.25) is 14.2 Å². The van der Waals surface area contributed by atoms with E-state index in [0.717, 1.165) is 30.8 Å². The van der Waals surface area contributed by atoms with Crippen molar-refractivity contribution in [2.45, 2.75) is 31.7 Å². The van der Waals surface area contributed by atoms with Crippen molar-refractivity contribution in [1.29, 1.82) is 0 Å². The van der Waals surface area contributed by atoms with E-state index in [4.69, 9.17) is 0 Å². The first-order valence-corrected chi connectivity index (χ1v) is 10.3. The summed E-state index contributed by atoms with van der Waals surface area (Å²) in [7, 11) is 0. The van der Waals surface area contributed by atoms with Gasteiger partial charge in [-0.1, -0.05) is 0 Å². The van der Waals surface area contributed by atoms with E-state index in [1.807, 2.05) is 11.6 Å². The number of amides is 1. The molecule has 0 aliphatic carbocycles. The van der Waals surface area contributed by atoms with Gasteiger partial charge in [0.1, 0.15) is 4.83 Å². The Morgan fingerprint density at radius 1 is 1.35 bits per heavy atom. The maximum absolute atomic E-state index is 12.3. The van der Waals surface area contributed by atoms with Crippen LogP contribution in [0.15, 0.2) is 28.8 Å². The molecule has 4 rings (SSSR count). The zero-order valence-electron chi connectivity index (χ0n) is 14.1. The lowest BCUT2D eigenvalue weighted by atomic mass is 9.97. The van der Waals surface area contributed by atoms with Crippen LogP contribution in [0.4, 0.5) is 5.13 Å². The van der Waals surface area contributed by atoms with Crippen molar-refractivity contribution in [2.24, 2.45) is 0 Å². The summed E-state index contributed by atoms with van der Waals surface area (Å²) in [5, 5.41) is 9.27. The molecule has 1 aliphatic heterocycles. The van der Waals surface area contributed by atoms with Crippen LogP contribution in [0, 0.1) is 0 Å². The summed E-state index contributed by atoms with van der Waals surface area (Å²) in [6, 6.07) is 1.77. The highest BCUT2D eigenvalue weighted by Crippen LogP contribution is 2.31. The second kappa shape index (κ2) is 7.65. The molecule has 3 aromatic heterocycles. The van der Waals surface area contributed by atoms with Gasteiger partial charge in [0.05, 0.1) is 11.7 Å². The molecule has 0 radical (unpaired) electrons. The van der Waals surface area contributed by atoms with Crippen molar-refractivity contribution in [3.8, 4) is 0 Å². The third kappa shape index (κ3) is 3.69. The number of thiophene rings is 1. The van der Waals surface area contributed by atoms with Gasteiger partial charge < -0.3 is 10.6 Å². The number of hydrogen-bond donors (Lipinski definition) is 2. The maximum atomic E-state index is 12.3. The fourth-order valence-corrected chi connectivity index (χ4v) is 4.82. The molecule has 9 heteroatoms. The largest absolute Gasteiger partial charge is 0.317 e. The summed E-state index contributed by atoms with van der Waals surface area (Å²) >= 11 is 2.98. The van der Waals surface area contributed by atoms with Crippen LogP contribution in [0.25, 0.3) is 10.2 Å². The van der Waals surface area contributed by atoms with Crippen LogP contribution >= 0.6 is 22.7 Å². The van der Waals surface area contributed by atoms with Crippen LogP contribution in [0.5, 0.6) is 0 Å². The van der Waals surface area contributed by atoms with Crippen molar-refractivity contribution < 1.29 is 4.79 Å². The van der Waals surface area contributed by atoms with Crippen molar-refractivity contribution in [1.82, 2.24) is 19.9 Å². The fraction of sp³-hybridized carbons (Fsp3) is 0.412. The highest BCUT2D eigenvalue weighted by molar-refractivity contribution is 7.16. The molecule has 0 bridgehead atoms. The second-order valence-electron chi connectivity index (χ2n) is 6.27. The average molecular weight is 390 g/mol. The number of hydrogen-bond acceptors (Lipinski definition) is 7. The van der Waals surface area contributed by atoms with Crippen molar-refractivity contribution in [3.05, 3.63) is 39.2 Å². The Bertz CT molecular complexity index is 971. The predicted molar refractivity (Wildman–Crippen MR) is 104 cm³/mol. The molecule has 0 atom stereocenters. The number of carbonyl (C=O) groups excluding carboxylic acids is 1. The Balaban J connectivity index is 1.35. The summed E-state index contributed by atoms with van der Waals surface area (Å²) in [6.45, 7) is 2.36. The third-order valence-corrected chi connectivity index (χ3v) is 6.44. The van der Waals surface area contributed by atoms with E-state index in [1.54, 1.807) is 17.4 Å². The van der Waals surface area contributed by atoms with Gasteiger partial charge in [-0.25, -0.2) is 9.97 Å². The van der Waals surface area contributed by atoms with E-state index in [0.29, 0.717) is 23.0 Å². The number of aromatic nitrogens is 3. The van der Waals surface area contributed by atoms with E-state index in [-0.39, 0.29) is 17.9 Å². The van der Waals surface area contributed by atoms with Gasteiger partial charge >= 0.3 is 0 Å². The van der Waals surface area contributed by atoms with Crippen LogP contribution in [-0.4, -0.2) is 33.5 Å². The number of rotatable bonds is 5. The smallest absolute Gasteiger partial charge is 0.262 e. The molecular weight excluding hydrogens is 370 g/mol. The number of anilines is 1. The molecule has 1 saturated heterocycles. The number of nitrogens with zero attached hydrogens (tertiary/aromatic N) is 3. The number of nitrogens with one attached hydrogen (secondary N) is 2. The average Bonchev–Trinajstić information content (AvgIpc) is 3.32. The zero-order valence-corrected chi connectivity index (χ0v) is 15.7. The minimum Gasteiger partial charge on any atom is -0.317 e. The molecule has 2 N–H and O–H groups in total. The van der Waals surface area contributed by atoms with Gasteiger partial charge in [0.15, 0.2) is 5.13 Å². The number of fused-ring (bicyclic) bond motifs is 1. The molecular formula is C17H19N5O2S2. The molecule has 0 unspecified atom stereocenters. The summed E-state index contributed by atoms with van der Waals surface area (Å²) < 4.78 is 1.48. The molecule has 1 amide bonds. The van der Waals surface area contributed by atoms with E-state index in [2.05, 4.69) is 20.6 Å². The predicted octanol–water partition coefficient (Wildman–Crippen LogP) is 2.41. The standard InChI is InChI=1S/C17H19N5O2S2/c23-14(3-7-22-10-20-15-12(16(22)24)4-8-25-15)21-17-19-9-13(26-17)11-1-5-18-6-2-11/h4,8-11,18H,1-3,5-7H2,(H,19,21,23). The van der Waals surface area contributed by atoms with Gasteiger partial charge in [-0.15, -0.1) is 22.7 Å². The quantitative estimate of drug-likeness (QED) is 0.700. The fourth-order valence-electron chi connectivity index (χ4n) is 3.10. The summed E-state index contributed by atoms with van der Waals surface area (Å²) in [5.74, 6) is 0.384. The number of aryl methyl sites for hydroxylation is 1. The van der Waals surface area contributed by atoms with Gasteiger partial charge in [0.2, 0.25) is 5.91 Å². The minimum atomic E-state index is -0.145. The van der Waals surface area contributed by atoms with E-state index < -0.39 is 0 Å². The first-order valence-electron chi connectivity index (χ1n) is 8.59. The molecule has 3 aromatic rings. The molecule has 136 valence electrons. The number of piperidine rings is 1. The Kier molecular flexibility index (Phi) is 5.09. The Morgan fingerprint density at radius 3 is 3.04 bits per heavy atom. The topological polar surface area (TPSA) is 88.9 Å². The molecule has 0 spiro atoms. The third-order valence-electron chi connectivity index (χ3n) is 4.54. The summed E-state index contributed by atoms with van der Waals surface area (Å²) in [5.41, 5.74) is -0.105. The normalized spacial score (nSPS) is 15.4. The van der Waals surface area contributed by atoms with Gasteiger partial charge in [0.25, 0.3) is 5.56 Å². The molecule has 1 fully saturated rings. The van der Waals surface area contributed by atoms with Crippen LogP contribution in [0.1, 0.15) is 30.1 Å². The molecule has 7 nitrogen and oxygen atoms in total.